The number of likely N-dealkylation sites (tertiary alicyclic amines) is 1. The summed E-state index contributed by atoms with van der Waals surface area (Å²) in [6.07, 6.45) is 1.79. The number of anilines is 1. The maximum atomic E-state index is 12.1. The molecule has 0 bridgehead atoms. The highest BCUT2D eigenvalue weighted by molar-refractivity contribution is 5.77. The summed E-state index contributed by atoms with van der Waals surface area (Å²) in [6.45, 7) is 2.52. The Bertz CT molecular complexity index is 542. The topological polar surface area (TPSA) is 79.9 Å². The number of primary amides is 1. The average Bonchev–Trinajstić information content (AvgIpc) is 2.53. The fourth-order valence-electron chi connectivity index (χ4n) is 2.96. The molecule has 1 aromatic rings. The SMILES string of the molecule is CN(C)c1ccc(CNC(=O)C[NH+]2CCC[C@H](C(N)=O)C2)cc1. The number of rotatable bonds is 6. The van der Waals surface area contributed by atoms with Crippen molar-refractivity contribution in [2.24, 2.45) is 11.7 Å². The third-order valence-corrected chi connectivity index (χ3v) is 4.37. The Hall–Kier alpha value is -2.08. The first-order valence-corrected chi connectivity index (χ1v) is 8.11. The standard InChI is InChI=1S/C17H26N4O2/c1-20(2)15-7-5-13(6-8-15)10-19-16(22)12-21-9-3-4-14(11-21)17(18)23/h5-8,14H,3-4,9-12H2,1-2H3,(H2,18,23)(H,19,22)/p+1/t14-/m0/s1. The number of carbonyl (C=O) groups excluding carboxylic acids is 2. The van der Waals surface area contributed by atoms with Gasteiger partial charge in [0.2, 0.25) is 5.91 Å². The van der Waals surface area contributed by atoms with E-state index in [-0.39, 0.29) is 17.7 Å². The zero-order valence-corrected chi connectivity index (χ0v) is 14.0. The summed E-state index contributed by atoms with van der Waals surface area (Å²) in [4.78, 5) is 26.5. The molecule has 0 saturated carbocycles. The normalized spacial score (nSPS) is 20.8. The Morgan fingerprint density at radius 3 is 2.61 bits per heavy atom. The largest absolute Gasteiger partial charge is 0.378 e. The zero-order valence-electron chi connectivity index (χ0n) is 14.0. The van der Waals surface area contributed by atoms with Crippen LogP contribution >= 0.6 is 0 Å². The van der Waals surface area contributed by atoms with Gasteiger partial charge >= 0.3 is 0 Å². The molecule has 1 unspecified atom stereocenters. The maximum absolute atomic E-state index is 12.1. The van der Waals surface area contributed by atoms with Crippen molar-refractivity contribution >= 4 is 17.5 Å². The molecule has 0 aliphatic carbocycles. The Balaban J connectivity index is 1.77. The van der Waals surface area contributed by atoms with Crippen LogP contribution in [0.3, 0.4) is 0 Å². The van der Waals surface area contributed by atoms with Gasteiger partial charge in [-0.25, -0.2) is 0 Å². The molecule has 0 spiro atoms. The minimum atomic E-state index is -0.247. The number of hydrogen-bond acceptors (Lipinski definition) is 3. The highest BCUT2D eigenvalue weighted by Gasteiger charge is 2.28. The van der Waals surface area contributed by atoms with E-state index < -0.39 is 0 Å². The molecule has 4 N–H and O–H groups in total. The highest BCUT2D eigenvalue weighted by atomic mass is 16.2. The lowest BCUT2D eigenvalue weighted by molar-refractivity contribution is -0.899. The lowest BCUT2D eigenvalue weighted by atomic mass is 9.97. The molecule has 1 fully saturated rings. The second kappa shape index (κ2) is 7.97. The van der Waals surface area contributed by atoms with Crippen LogP contribution in [0.5, 0.6) is 0 Å². The van der Waals surface area contributed by atoms with Crippen LogP contribution in [-0.2, 0) is 16.1 Å². The molecule has 126 valence electrons. The molecule has 23 heavy (non-hydrogen) atoms. The van der Waals surface area contributed by atoms with Crippen molar-refractivity contribution in [3.05, 3.63) is 29.8 Å². The van der Waals surface area contributed by atoms with Crippen LogP contribution in [0.1, 0.15) is 18.4 Å². The smallest absolute Gasteiger partial charge is 0.275 e. The molecule has 6 nitrogen and oxygen atoms in total. The van der Waals surface area contributed by atoms with E-state index >= 15 is 0 Å². The van der Waals surface area contributed by atoms with E-state index in [2.05, 4.69) is 5.32 Å². The Kier molecular flexibility index (Phi) is 5.98. The number of hydrogen-bond donors (Lipinski definition) is 3. The first-order valence-electron chi connectivity index (χ1n) is 8.11. The van der Waals surface area contributed by atoms with Crippen molar-refractivity contribution in [1.29, 1.82) is 0 Å². The van der Waals surface area contributed by atoms with Crippen molar-refractivity contribution in [1.82, 2.24) is 5.32 Å². The van der Waals surface area contributed by atoms with E-state index in [1.165, 1.54) is 0 Å². The third kappa shape index (κ3) is 5.25. The van der Waals surface area contributed by atoms with Gasteiger partial charge in [-0.3, -0.25) is 9.59 Å². The summed E-state index contributed by atoms with van der Waals surface area (Å²) < 4.78 is 0. The second-order valence-electron chi connectivity index (χ2n) is 6.46. The predicted molar refractivity (Wildman–Crippen MR) is 90.1 cm³/mol. The lowest BCUT2D eigenvalue weighted by Gasteiger charge is -2.27. The number of nitrogens with zero attached hydrogens (tertiary/aromatic N) is 1. The van der Waals surface area contributed by atoms with Gasteiger partial charge < -0.3 is 20.9 Å². The molecule has 1 saturated heterocycles. The first-order chi connectivity index (χ1) is 11.0. The Morgan fingerprint density at radius 2 is 2.00 bits per heavy atom. The minimum Gasteiger partial charge on any atom is -0.378 e. The van der Waals surface area contributed by atoms with Crippen LogP contribution in [-0.4, -0.2) is 45.5 Å². The fraction of sp³-hybridized carbons (Fsp3) is 0.529. The van der Waals surface area contributed by atoms with E-state index in [9.17, 15) is 9.59 Å². The molecule has 1 heterocycles. The van der Waals surface area contributed by atoms with Gasteiger partial charge in [0.25, 0.3) is 5.91 Å². The summed E-state index contributed by atoms with van der Waals surface area (Å²) >= 11 is 0. The summed E-state index contributed by atoms with van der Waals surface area (Å²) in [5.74, 6) is -0.324. The van der Waals surface area contributed by atoms with Crippen molar-refractivity contribution < 1.29 is 14.5 Å². The van der Waals surface area contributed by atoms with Crippen molar-refractivity contribution in [2.75, 3.05) is 38.6 Å². The molecule has 1 aromatic carbocycles. The van der Waals surface area contributed by atoms with Crippen LogP contribution in [0.4, 0.5) is 5.69 Å². The van der Waals surface area contributed by atoms with Gasteiger partial charge in [0.05, 0.1) is 19.0 Å². The number of nitrogens with one attached hydrogen (secondary N) is 2. The van der Waals surface area contributed by atoms with E-state index in [1.54, 1.807) is 0 Å². The van der Waals surface area contributed by atoms with E-state index in [0.29, 0.717) is 19.6 Å². The molecule has 2 atom stereocenters. The van der Waals surface area contributed by atoms with Gasteiger partial charge in [-0.05, 0) is 30.5 Å². The predicted octanol–water partition coefficient (Wildman–Crippen LogP) is -0.851. The van der Waals surface area contributed by atoms with E-state index in [4.69, 9.17) is 5.73 Å². The van der Waals surface area contributed by atoms with Gasteiger partial charge in [0.1, 0.15) is 0 Å². The van der Waals surface area contributed by atoms with Gasteiger partial charge in [-0.1, -0.05) is 12.1 Å². The van der Waals surface area contributed by atoms with Gasteiger partial charge in [0.15, 0.2) is 6.54 Å². The molecule has 1 aliphatic rings. The molecule has 0 aromatic heterocycles. The van der Waals surface area contributed by atoms with E-state index in [1.807, 2.05) is 43.3 Å². The van der Waals surface area contributed by atoms with Crippen LogP contribution < -0.4 is 20.9 Å². The number of piperidine rings is 1. The van der Waals surface area contributed by atoms with Crippen molar-refractivity contribution in [3.8, 4) is 0 Å². The zero-order chi connectivity index (χ0) is 16.8. The van der Waals surface area contributed by atoms with Gasteiger partial charge in [0, 0.05) is 26.3 Å². The average molecular weight is 319 g/mol. The van der Waals surface area contributed by atoms with Gasteiger partial charge in [-0.2, -0.15) is 0 Å². The number of carbonyl (C=O) groups is 2. The third-order valence-electron chi connectivity index (χ3n) is 4.37. The van der Waals surface area contributed by atoms with Crippen LogP contribution in [0, 0.1) is 5.92 Å². The van der Waals surface area contributed by atoms with E-state index in [0.717, 1.165) is 35.5 Å². The number of benzene rings is 1. The van der Waals surface area contributed by atoms with Gasteiger partial charge in [-0.15, -0.1) is 0 Å². The highest BCUT2D eigenvalue weighted by Crippen LogP contribution is 2.11. The molecule has 0 radical (unpaired) electrons. The number of nitrogens with two attached hydrogens (primary N) is 1. The molecule has 1 aliphatic heterocycles. The first kappa shape index (κ1) is 17.3. The van der Waals surface area contributed by atoms with Crippen LogP contribution in [0.25, 0.3) is 0 Å². The summed E-state index contributed by atoms with van der Waals surface area (Å²) in [7, 11) is 4.00. The minimum absolute atomic E-state index is 0.0156. The number of quaternary nitrogens is 1. The fourth-order valence-corrected chi connectivity index (χ4v) is 2.96. The molecular formula is C17H27N4O2+. The number of amides is 2. The molecule has 2 amide bonds. The summed E-state index contributed by atoms with van der Waals surface area (Å²) in [6, 6.07) is 8.11. The second-order valence-corrected chi connectivity index (χ2v) is 6.46. The lowest BCUT2D eigenvalue weighted by Crippen LogP contribution is -3.14. The van der Waals surface area contributed by atoms with Crippen LogP contribution in [0.2, 0.25) is 0 Å². The maximum Gasteiger partial charge on any atom is 0.275 e. The monoisotopic (exact) mass is 319 g/mol. The molecular weight excluding hydrogens is 292 g/mol. The molecule has 6 heteroatoms. The summed E-state index contributed by atoms with van der Waals surface area (Å²) in [5.41, 5.74) is 7.58. The Labute approximate surface area is 137 Å². The quantitative estimate of drug-likeness (QED) is 0.639. The Morgan fingerprint density at radius 1 is 1.30 bits per heavy atom. The summed E-state index contributed by atoms with van der Waals surface area (Å²) in [5, 5.41) is 2.95. The molecule has 2 rings (SSSR count). The van der Waals surface area contributed by atoms with Crippen molar-refractivity contribution in [2.45, 2.75) is 19.4 Å². The van der Waals surface area contributed by atoms with Crippen molar-refractivity contribution in [3.63, 3.8) is 0 Å². The van der Waals surface area contributed by atoms with Crippen LogP contribution in [0.15, 0.2) is 24.3 Å².